The lowest BCUT2D eigenvalue weighted by Crippen LogP contribution is -2.10. The normalized spacial score (nSPS) is 17.9. The van der Waals surface area contributed by atoms with Gasteiger partial charge in [-0.2, -0.15) is 0 Å². The quantitative estimate of drug-likeness (QED) is 0.804. The van der Waals surface area contributed by atoms with Gasteiger partial charge in [0.2, 0.25) is 0 Å². The fourth-order valence-corrected chi connectivity index (χ4v) is 1.55. The van der Waals surface area contributed by atoms with Gasteiger partial charge in [-0.1, -0.05) is 6.07 Å². The van der Waals surface area contributed by atoms with Gasteiger partial charge in [0, 0.05) is 6.20 Å². The topological polar surface area (TPSA) is 42.4 Å². The number of pyridine rings is 1. The molecular weight excluding hydrogens is 190 g/mol. The minimum atomic E-state index is -0.717. The van der Waals surface area contributed by atoms with E-state index in [0.29, 0.717) is 18.1 Å². The van der Waals surface area contributed by atoms with Crippen molar-refractivity contribution in [2.24, 2.45) is 0 Å². The van der Waals surface area contributed by atoms with Crippen molar-refractivity contribution in [3.8, 4) is 0 Å². The molecule has 1 atom stereocenters. The lowest BCUT2D eigenvalue weighted by molar-refractivity contribution is 0.0894. The van der Waals surface area contributed by atoms with Crippen molar-refractivity contribution >= 4 is 0 Å². The van der Waals surface area contributed by atoms with Crippen LogP contribution in [0.25, 0.3) is 0 Å². The molecule has 1 aliphatic rings. The molecule has 2 rings (SSSR count). The maximum absolute atomic E-state index is 9.98. The van der Waals surface area contributed by atoms with Crippen molar-refractivity contribution in [2.45, 2.75) is 25.9 Å². The second kappa shape index (κ2) is 4.45. The summed E-state index contributed by atoms with van der Waals surface area (Å²) in [5, 5.41) is 9.98. The van der Waals surface area contributed by atoms with Gasteiger partial charge in [-0.15, -0.1) is 0 Å². The Labute approximate surface area is 89.4 Å². The molecule has 0 radical (unpaired) electrons. The number of nitrogens with zero attached hydrogens (tertiary/aromatic N) is 1. The van der Waals surface area contributed by atoms with Gasteiger partial charge in [0.25, 0.3) is 0 Å². The molecule has 1 aliphatic heterocycles. The van der Waals surface area contributed by atoms with Gasteiger partial charge in [-0.25, -0.2) is 0 Å². The smallest absolute Gasteiger partial charge is 0.152 e. The molecule has 1 aromatic rings. The Morgan fingerprint density at radius 1 is 1.47 bits per heavy atom. The Kier molecular flexibility index (Phi) is 3.02. The number of hydrogen-bond acceptors (Lipinski definition) is 3. The lowest BCUT2D eigenvalue weighted by atomic mass is 10.1. The van der Waals surface area contributed by atoms with Crippen LogP contribution in [0, 0.1) is 6.92 Å². The van der Waals surface area contributed by atoms with Gasteiger partial charge in [-0.3, -0.25) is 4.98 Å². The molecule has 0 bridgehead atoms. The Hall–Kier alpha value is -1.35. The predicted octanol–water partition coefficient (Wildman–Crippen LogP) is 2.12. The molecule has 0 saturated carbocycles. The molecule has 3 heteroatoms. The summed E-state index contributed by atoms with van der Waals surface area (Å²) in [6.45, 7) is 2.66. The van der Waals surface area contributed by atoms with Crippen LogP contribution in [-0.2, 0) is 4.74 Å². The summed E-state index contributed by atoms with van der Waals surface area (Å²) in [4.78, 5) is 4.18. The van der Waals surface area contributed by atoms with E-state index in [0.717, 1.165) is 18.4 Å². The van der Waals surface area contributed by atoms with E-state index < -0.39 is 6.10 Å². The molecule has 80 valence electrons. The Balaban J connectivity index is 2.16. The van der Waals surface area contributed by atoms with E-state index in [4.69, 9.17) is 4.74 Å². The zero-order valence-corrected chi connectivity index (χ0v) is 8.81. The summed E-state index contributed by atoms with van der Waals surface area (Å²) in [6, 6.07) is 3.77. The van der Waals surface area contributed by atoms with Gasteiger partial charge in [0.15, 0.2) is 6.10 Å². The molecule has 0 spiro atoms. The van der Waals surface area contributed by atoms with Crippen LogP contribution in [0.3, 0.4) is 0 Å². The summed E-state index contributed by atoms with van der Waals surface area (Å²) in [5.74, 6) is 0.637. The summed E-state index contributed by atoms with van der Waals surface area (Å²) >= 11 is 0. The van der Waals surface area contributed by atoms with Gasteiger partial charge in [0.05, 0.1) is 12.3 Å². The first kappa shape index (κ1) is 10.2. The molecule has 0 aliphatic carbocycles. The zero-order valence-electron chi connectivity index (χ0n) is 8.81. The zero-order chi connectivity index (χ0) is 10.7. The minimum Gasteiger partial charge on any atom is -0.495 e. The fraction of sp³-hybridized carbons (Fsp3) is 0.417. The van der Waals surface area contributed by atoms with E-state index in [-0.39, 0.29) is 0 Å². The second-order valence-corrected chi connectivity index (χ2v) is 3.76. The second-order valence-electron chi connectivity index (χ2n) is 3.76. The maximum Gasteiger partial charge on any atom is 0.152 e. The first-order valence-corrected chi connectivity index (χ1v) is 5.21. The van der Waals surface area contributed by atoms with Crippen molar-refractivity contribution in [1.29, 1.82) is 0 Å². The standard InChI is InChI=1S/C12H15NO2/c1-9-5-6-10(13-8-9)12(14)11-4-2-3-7-15-11/h4-6,8,12,14H,2-3,7H2,1H3. The molecule has 0 saturated heterocycles. The summed E-state index contributed by atoms with van der Waals surface area (Å²) in [7, 11) is 0. The third-order valence-corrected chi connectivity index (χ3v) is 2.45. The first-order chi connectivity index (χ1) is 7.27. The number of rotatable bonds is 2. The van der Waals surface area contributed by atoms with Crippen LogP contribution in [0.1, 0.15) is 30.2 Å². The van der Waals surface area contributed by atoms with Crippen LogP contribution in [0.2, 0.25) is 0 Å². The number of aliphatic hydroxyl groups is 1. The van der Waals surface area contributed by atoms with Crippen LogP contribution in [0.15, 0.2) is 30.2 Å². The average molecular weight is 205 g/mol. The number of ether oxygens (including phenoxy) is 1. The highest BCUT2D eigenvalue weighted by atomic mass is 16.5. The van der Waals surface area contributed by atoms with Gasteiger partial charge in [0.1, 0.15) is 5.76 Å². The van der Waals surface area contributed by atoms with E-state index in [1.165, 1.54) is 0 Å². The molecule has 0 amide bonds. The van der Waals surface area contributed by atoms with Crippen molar-refractivity contribution in [3.63, 3.8) is 0 Å². The SMILES string of the molecule is Cc1ccc(C(O)C2=CCCCO2)nc1. The number of aliphatic hydroxyl groups excluding tert-OH is 1. The fourth-order valence-electron chi connectivity index (χ4n) is 1.55. The highest BCUT2D eigenvalue weighted by Crippen LogP contribution is 2.24. The third-order valence-electron chi connectivity index (χ3n) is 2.45. The highest BCUT2D eigenvalue weighted by molar-refractivity contribution is 5.19. The molecule has 1 unspecified atom stereocenters. The molecule has 2 heterocycles. The van der Waals surface area contributed by atoms with E-state index in [1.807, 2.05) is 25.1 Å². The van der Waals surface area contributed by atoms with Crippen LogP contribution >= 0.6 is 0 Å². The van der Waals surface area contributed by atoms with Gasteiger partial charge < -0.3 is 9.84 Å². The van der Waals surface area contributed by atoms with Crippen LogP contribution in [0.5, 0.6) is 0 Å². The number of aromatic nitrogens is 1. The van der Waals surface area contributed by atoms with Gasteiger partial charge in [-0.05, 0) is 37.5 Å². The molecule has 1 N–H and O–H groups in total. The third kappa shape index (κ3) is 2.36. The molecule has 3 nitrogen and oxygen atoms in total. The van der Waals surface area contributed by atoms with Crippen molar-refractivity contribution in [1.82, 2.24) is 4.98 Å². The molecule has 1 aromatic heterocycles. The number of hydrogen-bond donors (Lipinski definition) is 1. The molecule has 15 heavy (non-hydrogen) atoms. The summed E-state index contributed by atoms with van der Waals surface area (Å²) in [6.07, 6.45) is 4.97. The number of aryl methyl sites for hydroxylation is 1. The largest absolute Gasteiger partial charge is 0.495 e. The minimum absolute atomic E-state index is 0.637. The van der Waals surface area contributed by atoms with Crippen molar-refractivity contribution in [2.75, 3.05) is 6.61 Å². The van der Waals surface area contributed by atoms with E-state index in [9.17, 15) is 5.11 Å². The van der Waals surface area contributed by atoms with Crippen molar-refractivity contribution in [3.05, 3.63) is 41.4 Å². The van der Waals surface area contributed by atoms with E-state index in [2.05, 4.69) is 4.98 Å². The first-order valence-electron chi connectivity index (χ1n) is 5.21. The van der Waals surface area contributed by atoms with Crippen LogP contribution < -0.4 is 0 Å². The van der Waals surface area contributed by atoms with E-state index in [1.54, 1.807) is 6.20 Å². The highest BCUT2D eigenvalue weighted by Gasteiger charge is 2.17. The van der Waals surface area contributed by atoms with E-state index >= 15 is 0 Å². The molecular formula is C12H15NO2. The van der Waals surface area contributed by atoms with Crippen LogP contribution in [-0.4, -0.2) is 16.7 Å². The molecule has 0 fully saturated rings. The molecule has 0 aromatic carbocycles. The lowest BCUT2D eigenvalue weighted by Gasteiger charge is -2.19. The average Bonchev–Trinajstić information content (AvgIpc) is 2.30. The predicted molar refractivity (Wildman–Crippen MR) is 57.2 cm³/mol. The monoisotopic (exact) mass is 205 g/mol. The van der Waals surface area contributed by atoms with Gasteiger partial charge >= 0.3 is 0 Å². The Morgan fingerprint density at radius 2 is 2.33 bits per heavy atom. The number of allylic oxidation sites excluding steroid dienone is 1. The maximum atomic E-state index is 9.98. The Bertz CT molecular complexity index is 356. The summed E-state index contributed by atoms with van der Waals surface area (Å²) < 4.78 is 5.40. The summed E-state index contributed by atoms with van der Waals surface area (Å²) in [5.41, 5.74) is 1.73. The van der Waals surface area contributed by atoms with Crippen molar-refractivity contribution < 1.29 is 9.84 Å². The Morgan fingerprint density at radius 3 is 2.93 bits per heavy atom. The van der Waals surface area contributed by atoms with Crippen LogP contribution in [0.4, 0.5) is 0 Å².